The molecule has 0 radical (unpaired) electrons. The molecule has 0 fully saturated rings. The highest BCUT2D eigenvalue weighted by Crippen LogP contribution is 2.19. The summed E-state index contributed by atoms with van der Waals surface area (Å²) >= 11 is 2.94. The van der Waals surface area contributed by atoms with E-state index in [1.165, 1.54) is 6.33 Å². The topological polar surface area (TPSA) is 59.8 Å². The molecule has 0 spiro atoms. The molecule has 1 aromatic heterocycles. The Kier molecular flexibility index (Phi) is 3.89. The lowest BCUT2D eigenvalue weighted by molar-refractivity contribution is 0.0941. The lowest BCUT2D eigenvalue weighted by Gasteiger charge is -2.07. The Balaban J connectivity index is 2.15. The number of aromatic nitrogens is 3. The molecule has 0 unspecified atom stereocenters. The van der Waals surface area contributed by atoms with Gasteiger partial charge in [0.05, 0.1) is 6.54 Å². The van der Waals surface area contributed by atoms with Gasteiger partial charge in [-0.05, 0) is 12.1 Å². The minimum atomic E-state index is -0.928. The number of nitrogens with one attached hydrogen (secondary N) is 1. The van der Waals surface area contributed by atoms with E-state index < -0.39 is 23.1 Å². The number of benzene rings is 1. The number of aryl methyl sites for hydroxylation is 1. The van der Waals surface area contributed by atoms with Crippen LogP contribution in [-0.2, 0) is 13.6 Å². The molecule has 1 heterocycles. The summed E-state index contributed by atoms with van der Waals surface area (Å²) in [6.07, 6.45) is 1.46. The molecule has 0 saturated carbocycles. The summed E-state index contributed by atoms with van der Waals surface area (Å²) in [6, 6.07) is 2.06. The zero-order chi connectivity index (χ0) is 14.0. The van der Waals surface area contributed by atoms with Gasteiger partial charge in [-0.3, -0.25) is 4.79 Å². The first-order valence-electron chi connectivity index (χ1n) is 5.24. The van der Waals surface area contributed by atoms with Crippen LogP contribution in [-0.4, -0.2) is 20.7 Å². The number of hydrogen-bond acceptors (Lipinski definition) is 3. The van der Waals surface area contributed by atoms with Crippen molar-refractivity contribution in [2.45, 2.75) is 6.54 Å². The number of rotatable bonds is 3. The van der Waals surface area contributed by atoms with Gasteiger partial charge in [-0.25, -0.2) is 8.78 Å². The summed E-state index contributed by atoms with van der Waals surface area (Å²) in [5.74, 6) is -2.22. The van der Waals surface area contributed by atoms with Crippen LogP contribution in [0.15, 0.2) is 22.9 Å². The minimum absolute atomic E-state index is 0.0320. The van der Waals surface area contributed by atoms with Crippen LogP contribution in [0.5, 0.6) is 0 Å². The third-order valence-electron chi connectivity index (χ3n) is 2.45. The molecule has 1 amide bonds. The van der Waals surface area contributed by atoms with Crippen LogP contribution < -0.4 is 5.32 Å². The van der Waals surface area contributed by atoms with Crippen molar-refractivity contribution in [2.75, 3.05) is 0 Å². The Morgan fingerprint density at radius 2 is 2.05 bits per heavy atom. The van der Waals surface area contributed by atoms with E-state index in [1.54, 1.807) is 11.6 Å². The maximum atomic E-state index is 13.5. The number of carbonyl (C=O) groups is 1. The van der Waals surface area contributed by atoms with E-state index in [9.17, 15) is 13.6 Å². The second-order valence-corrected chi connectivity index (χ2v) is 4.70. The largest absolute Gasteiger partial charge is 0.345 e. The molecule has 2 rings (SSSR count). The van der Waals surface area contributed by atoms with Crippen LogP contribution in [0.25, 0.3) is 0 Å². The molecule has 0 aliphatic rings. The highest BCUT2D eigenvalue weighted by molar-refractivity contribution is 9.10. The van der Waals surface area contributed by atoms with E-state index in [0.29, 0.717) is 5.82 Å². The predicted octanol–water partition coefficient (Wildman–Crippen LogP) is 1.79. The fourth-order valence-corrected chi connectivity index (χ4v) is 1.88. The average molecular weight is 331 g/mol. The molecule has 0 saturated heterocycles. The van der Waals surface area contributed by atoms with Crippen molar-refractivity contribution in [3.63, 3.8) is 0 Å². The van der Waals surface area contributed by atoms with Gasteiger partial charge >= 0.3 is 0 Å². The molecule has 19 heavy (non-hydrogen) atoms. The van der Waals surface area contributed by atoms with Gasteiger partial charge < -0.3 is 9.88 Å². The third kappa shape index (κ3) is 2.95. The van der Waals surface area contributed by atoms with Gasteiger partial charge in [0.1, 0.15) is 23.5 Å². The standard InChI is InChI=1S/C11H9BrF2N4O/c1-18-5-16-17-9(18)4-15-11(19)10-7(13)2-6(12)3-8(10)14/h2-3,5H,4H2,1H3,(H,15,19). The molecule has 0 aliphatic heterocycles. The van der Waals surface area contributed by atoms with Crippen molar-refractivity contribution < 1.29 is 13.6 Å². The quantitative estimate of drug-likeness (QED) is 0.933. The van der Waals surface area contributed by atoms with E-state index in [4.69, 9.17) is 0 Å². The van der Waals surface area contributed by atoms with E-state index in [1.807, 2.05) is 0 Å². The predicted molar refractivity (Wildman–Crippen MR) is 66.2 cm³/mol. The molecular weight excluding hydrogens is 322 g/mol. The zero-order valence-corrected chi connectivity index (χ0v) is 11.4. The van der Waals surface area contributed by atoms with Crippen LogP contribution >= 0.6 is 15.9 Å². The van der Waals surface area contributed by atoms with Crippen molar-refractivity contribution in [1.29, 1.82) is 0 Å². The normalized spacial score (nSPS) is 10.5. The summed E-state index contributed by atoms with van der Waals surface area (Å²) in [4.78, 5) is 11.7. The fraction of sp³-hybridized carbons (Fsp3) is 0.182. The molecule has 1 aromatic carbocycles. The van der Waals surface area contributed by atoms with Gasteiger partial charge in [-0.1, -0.05) is 15.9 Å². The average Bonchev–Trinajstić information content (AvgIpc) is 2.70. The molecule has 0 atom stereocenters. The Bertz CT molecular complexity index is 606. The minimum Gasteiger partial charge on any atom is -0.345 e. The zero-order valence-electron chi connectivity index (χ0n) is 9.82. The summed E-state index contributed by atoms with van der Waals surface area (Å²) < 4.78 is 28.9. The van der Waals surface area contributed by atoms with Crippen LogP contribution in [0.4, 0.5) is 8.78 Å². The number of halogens is 3. The fourth-order valence-electron chi connectivity index (χ4n) is 1.47. The Morgan fingerprint density at radius 3 is 2.58 bits per heavy atom. The maximum absolute atomic E-state index is 13.5. The van der Waals surface area contributed by atoms with Gasteiger partial charge in [0.15, 0.2) is 5.82 Å². The first-order chi connectivity index (χ1) is 8.99. The summed E-state index contributed by atoms with van der Waals surface area (Å²) in [5, 5.41) is 9.76. The first-order valence-corrected chi connectivity index (χ1v) is 6.04. The van der Waals surface area contributed by atoms with Crippen LogP contribution in [0.1, 0.15) is 16.2 Å². The van der Waals surface area contributed by atoms with Crippen molar-refractivity contribution in [3.8, 4) is 0 Å². The number of nitrogens with zero attached hydrogens (tertiary/aromatic N) is 3. The van der Waals surface area contributed by atoms with Gasteiger partial charge in [0, 0.05) is 11.5 Å². The SMILES string of the molecule is Cn1cnnc1CNC(=O)c1c(F)cc(Br)cc1F. The molecule has 2 aromatic rings. The highest BCUT2D eigenvalue weighted by atomic mass is 79.9. The third-order valence-corrected chi connectivity index (χ3v) is 2.90. The van der Waals surface area contributed by atoms with Gasteiger partial charge in [-0.15, -0.1) is 10.2 Å². The van der Waals surface area contributed by atoms with E-state index >= 15 is 0 Å². The van der Waals surface area contributed by atoms with Crippen LogP contribution in [0.2, 0.25) is 0 Å². The molecule has 100 valence electrons. The molecule has 0 aliphatic carbocycles. The second-order valence-electron chi connectivity index (χ2n) is 3.79. The summed E-state index contributed by atoms with van der Waals surface area (Å²) in [6.45, 7) is 0.0320. The number of carbonyl (C=O) groups excluding carboxylic acids is 1. The lowest BCUT2D eigenvalue weighted by atomic mass is 10.2. The lowest BCUT2D eigenvalue weighted by Crippen LogP contribution is -2.26. The maximum Gasteiger partial charge on any atom is 0.257 e. The molecule has 8 heteroatoms. The first kappa shape index (κ1) is 13.6. The van der Waals surface area contributed by atoms with Crippen molar-refractivity contribution >= 4 is 21.8 Å². The van der Waals surface area contributed by atoms with E-state index in [0.717, 1.165) is 12.1 Å². The van der Waals surface area contributed by atoms with Gasteiger partial charge in [-0.2, -0.15) is 0 Å². The number of hydrogen-bond donors (Lipinski definition) is 1. The molecule has 5 nitrogen and oxygen atoms in total. The molecule has 0 bridgehead atoms. The number of amides is 1. The van der Waals surface area contributed by atoms with Crippen molar-refractivity contribution in [1.82, 2.24) is 20.1 Å². The second kappa shape index (κ2) is 5.43. The highest BCUT2D eigenvalue weighted by Gasteiger charge is 2.18. The van der Waals surface area contributed by atoms with Gasteiger partial charge in [0.2, 0.25) is 0 Å². The molecular formula is C11H9BrF2N4O. The van der Waals surface area contributed by atoms with E-state index in [2.05, 4.69) is 31.4 Å². The van der Waals surface area contributed by atoms with Crippen molar-refractivity contribution in [3.05, 3.63) is 46.0 Å². The molecule has 1 N–H and O–H groups in total. The summed E-state index contributed by atoms with van der Waals surface area (Å²) in [7, 11) is 1.70. The Morgan fingerprint density at radius 1 is 1.42 bits per heavy atom. The van der Waals surface area contributed by atoms with Crippen LogP contribution in [0, 0.1) is 11.6 Å². The summed E-state index contributed by atoms with van der Waals surface area (Å²) in [5.41, 5.74) is -0.620. The van der Waals surface area contributed by atoms with Crippen LogP contribution in [0.3, 0.4) is 0 Å². The smallest absolute Gasteiger partial charge is 0.257 e. The van der Waals surface area contributed by atoms with Gasteiger partial charge in [0.25, 0.3) is 5.91 Å². The Labute approximate surface area is 115 Å². The van der Waals surface area contributed by atoms with Crippen molar-refractivity contribution in [2.24, 2.45) is 7.05 Å². The van der Waals surface area contributed by atoms with E-state index in [-0.39, 0.29) is 11.0 Å². The monoisotopic (exact) mass is 330 g/mol. The Hall–Kier alpha value is -1.83.